The second kappa shape index (κ2) is 18.8. The molecular formula is C41H50ClFN8O7S. The van der Waals surface area contributed by atoms with Gasteiger partial charge in [0.2, 0.25) is 11.8 Å². The second-order valence-corrected chi connectivity index (χ2v) is 16.5. The van der Waals surface area contributed by atoms with Crippen LogP contribution in [-0.4, -0.2) is 118 Å². The zero-order chi connectivity index (χ0) is 42.5. The van der Waals surface area contributed by atoms with Gasteiger partial charge in [-0.05, 0) is 55.6 Å². The number of imidazole rings is 2. The number of nitrogens with one attached hydrogen (secondary N) is 4. The normalized spacial score (nSPS) is 19.4. The minimum absolute atomic E-state index is 0.162. The van der Waals surface area contributed by atoms with Gasteiger partial charge in [-0.15, -0.1) is 0 Å². The Bertz CT molecular complexity index is 2150. The number of ether oxygens (including phenoxy) is 3. The fraction of sp³-hybridized carbons (Fsp3) is 0.463. The van der Waals surface area contributed by atoms with Crippen molar-refractivity contribution in [2.75, 3.05) is 40.7 Å². The van der Waals surface area contributed by atoms with Crippen molar-refractivity contribution in [2.24, 2.45) is 5.92 Å². The van der Waals surface area contributed by atoms with Crippen molar-refractivity contribution >= 4 is 47.4 Å². The molecule has 6 rings (SSSR count). The highest BCUT2D eigenvalue weighted by Gasteiger charge is 2.42. The summed E-state index contributed by atoms with van der Waals surface area (Å²) in [6, 6.07) is 9.70. The first-order chi connectivity index (χ1) is 28.3. The van der Waals surface area contributed by atoms with Crippen molar-refractivity contribution < 1.29 is 37.8 Å². The van der Waals surface area contributed by atoms with Crippen LogP contribution in [0.25, 0.3) is 33.6 Å². The van der Waals surface area contributed by atoms with Crippen LogP contribution in [0, 0.1) is 11.7 Å². The molecule has 2 aromatic heterocycles. The van der Waals surface area contributed by atoms with Crippen molar-refractivity contribution in [3.05, 3.63) is 71.3 Å². The number of amides is 4. The minimum Gasteiger partial charge on any atom is -0.453 e. The number of rotatable bonds is 13. The van der Waals surface area contributed by atoms with Crippen LogP contribution in [0.5, 0.6) is 0 Å². The molecule has 4 aromatic rings. The molecule has 316 valence electrons. The summed E-state index contributed by atoms with van der Waals surface area (Å²) >= 11 is 8.30. The van der Waals surface area contributed by atoms with Gasteiger partial charge in [-0.1, -0.05) is 61.8 Å². The maximum Gasteiger partial charge on any atom is 0.407 e. The monoisotopic (exact) mass is 852 g/mol. The SMILES string of the molecule is COC(=O)NC(C(=O)N1CCCC1c1nc(-c2ccc(-c3ccc(-c4cnc(C5CC(SC)CN5C(=O)C(NC(=O)OC)C(C)OC)[nH]4)cc3)c(F)c2)c(Cl)[nH]1)C(C)C. The summed E-state index contributed by atoms with van der Waals surface area (Å²) < 4.78 is 30.8. The maximum absolute atomic E-state index is 15.8. The van der Waals surface area contributed by atoms with Crippen LogP contribution in [0.4, 0.5) is 14.0 Å². The molecule has 2 fully saturated rings. The lowest BCUT2D eigenvalue weighted by Gasteiger charge is -2.30. The van der Waals surface area contributed by atoms with Crippen LogP contribution in [0.1, 0.15) is 63.8 Å². The first-order valence-corrected chi connectivity index (χ1v) is 21.0. The molecule has 2 aliphatic rings. The number of benzene rings is 2. The molecule has 2 saturated heterocycles. The van der Waals surface area contributed by atoms with E-state index in [0.29, 0.717) is 60.0 Å². The molecule has 6 unspecified atom stereocenters. The summed E-state index contributed by atoms with van der Waals surface area (Å²) in [5, 5.41) is 5.64. The Morgan fingerprint density at radius 1 is 0.881 bits per heavy atom. The highest BCUT2D eigenvalue weighted by molar-refractivity contribution is 7.99. The average molecular weight is 853 g/mol. The predicted octanol–water partition coefficient (Wildman–Crippen LogP) is 6.73. The Kier molecular flexibility index (Phi) is 13.9. The number of thioether (sulfide) groups is 1. The van der Waals surface area contributed by atoms with E-state index in [0.717, 1.165) is 17.7 Å². The molecule has 15 nitrogen and oxygen atoms in total. The Labute approximate surface area is 351 Å². The average Bonchev–Trinajstić information content (AvgIpc) is 4.07. The molecule has 0 spiro atoms. The van der Waals surface area contributed by atoms with E-state index in [9.17, 15) is 19.2 Å². The zero-order valence-electron chi connectivity index (χ0n) is 34.0. The highest BCUT2D eigenvalue weighted by Crippen LogP contribution is 2.39. The van der Waals surface area contributed by atoms with Gasteiger partial charge in [-0.2, -0.15) is 11.8 Å². The Morgan fingerprint density at radius 2 is 1.53 bits per heavy atom. The second-order valence-electron chi connectivity index (χ2n) is 14.9. The van der Waals surface area contributed by atoms with Crippen LogP contribution in [0.2, 0.25) is 5.15 Å². The van der Waals surface area contributed by atoms with Gasteiger partial charge in [0, 0.05) is 36.6 Å². The van der Waals surface area contributed by atoms with Crippen LogP contribution in [0.15, 0.2) is 48.7 Å². The van der Waals surface area contributed by atoms with E-state index in [1.165, 1.54) is 27.4 Å². The maximum atomic E-state index is 15.8. The van der Waals surface area contributed by atoms with Crippen LogP contribution < -0.4 is 10.6 Å². The van der Waals surface area contributed by atoms with Gasteiger partial charge >= 0.3 is 12.2 Å². The van der Waals surface area contributed by atoms with Gasteiger partial charge in [0.25, 0.3) is 0 Å². The number of likely N-dealkylation sites (tertiary alicyclic amines) is 2. The van der Waals surface area contributed by atoms with Crippen LogP contribution >= 0.6 is 23.4 Å². The molecular weight excluding hydrogens is 803 g/mol. The van der Waals surface area contributed by atoms with Gasteiger partial charge in [0.15, 0.2) is 0 Å². The van der Waals surface area contributed by atoms with Crippen molar-refractivity contribution in [2.45, 2.75) is 75.6 Å². The number of hydrogen-bond donors (Lipinski definition) is 4. The fourth-order valence-electron chi connectivity index (χ4n) is 7.64. The van der Waals surface area contributed by atoms with E-state index in [4.69, 9.17) is 30.8 Å². The third-order valence-corrected chi connectivity index (χ3v) is 12.3. The number of hydrogen-bond acceptors (Lipinski definition) is 10. The van der Waals surface area contributed by atoms with Gasteiger partial charge in [-0.25, -0.2) is 23.9 Å². The van der Waals surface area contributed by atoms with Gasteiger partial charge in [0.1, 0.15) is 40.4 Å². The molecule has 2 aliphatic heterocycles. The number of aromatic nitrogens is 4. The predicted molar refractivity (Wildman–Crippen MR) is 222 cm³/mol. The lowest BCUT2D eigenvalue weighted by atomic mass is 10.0. The van der Waals surface area contributed by atoms with E-state index in [-0.39, 0.29) is 34.2 Å². The molecule has 6 atom stereocenters. The molecule has 0 radical (unpaired) electrons. The molecule has 0 saturated carbocycles. The smallest absolute Gasteiger partial charge is 0.407 e. The van der Waals surface area contributed by atoms with E-state index in [1.54, 1.807) is 46.8 Å². The first kappa shape index (κ1) is 43.4. The van der Waals surface area contributed by atoms with E-state index in [2.05, 4.69) is 25.6 Å². The molecule has 2 aromatic carbocycles. The minimum atomic E-state index is -0.956. The standard InChI is InChI=1S/C41H50ClFN8O7S/c1-21(2)32(47-40(54)57-5)38(52)50-16-8-9-30(50)37-46-34(35(42)49-37)25-14-15-27(28(43)17-25)23-10-12-24(13-11-23)29-19-44-36(45-29)31-18-26(59-7)20-51(31)39(53)33(22(3)56-4)48-41(55)58-6/h10-15,17,19,21-22,26,30-33H,8-9,16,18,20H2,1-7H3,(H,44,45)(H,46,49)(H,47,54)(H,48,55). The van der Waals surface area contributed by atoms with Crippen LogP contribution in [0.3, 0.4) is 0 Å². The summed E-state index contributed by atoms with van der Waals surface area (Å²) in [5.74, 6) is -0.0991. The summed E-state index contributed by atoms with van der Waals surface area (Å²) in [5.41, 5.74) is 3.40. The molecule has 0 bridgehead atoms. The number of halogens is 2. The Morgan fingerprint density at radius 3 is 2.15 bits per heavy atom. The molecule has 4 N–H and O–H groups in total. The van der Waals surface area contributed by atoms with Crippen molar-refractivity contribution in [3.63, 3.8) is 0 Å². The Hall–Kier alpha value is -5.13. The largest absolute Gasteiger partial charge is 0.453 e. The quantitative estimate of drug-likeness (QED) is 0.112. The van der Waals surface area contributed by atoms with E-state index >= 15 is 4.39 Å². The number of alkyl carbamates (subject to hydrolysis) is 2. The van der Waals surface area contributed by atoms with Crippen molar-refractivity contribution in [1.29, 1.82) is 0 Å². The lowest BCUT2D eigenvalue weighted by Crippen LogP contribution is -2.54. The van der Waals surface area contributed by atoms with E-state index in [1.807, 2.05) is 44.4 Å². The van der Waals surface area contributed by atoms with Crippen LogP contribution in [-0.2, 0) is 23.8 Å². The third kappa shape index (κ3) is 9.36. The molecule has 4 amide bonds. The lowest BCUT2D eigenvalue weighted by molar-refractivity contribution is -0.137. The number of carbonyl (C=O) groups is 4. The fourth-order valence-corrected chi connectivity index (χ4v) is 8.57. The highest BCUT2D eigenvalue weighted by atomic mass is 35.5. The van der Waals surface area contributed by atoms with Gasteiger partial charge in [0.05, 0.1) is 44.3 Å². The summed E-state index contributed by atoms with van der Waals surface area (Å²) in [4.78, 5) is 70.8. The number of nitrogens with zero attached hydrogens (tertiary/aromatic N) is 4. The number of H-pyrrole nitrogens is 2. The first-order valence-electron chi connectivity index (χ1n) is 19.3. The Balaban J connectivity index is 1.17. The number of methoxy groups -OCH3 is 3. The molecule has 0 aliphatic carbocycles. The van der Waals surface area contributed by atoms with E-state index < -0.39 is 42.2 Å². The number of aromatic amines is 2. The molecule has 18 heteroatoms. The summed E-state index contributed by atoms with van der Waals surface area (Å²) in [7, 11) is 3.97. The number of carbonyl (C=O) groups excluding carboxylic acids is 4. The summed E-state index contributed by atoms with van der Waals surface area (Å²) in [6.45, 7) is 6.36. The topological polar surface area (TPSA) is 184 Å². The van der Waals surface area contributed by atoms with Crippen molar-refractivity contribution in [1.82, 2.24) is 40.4 Å². The summed E-state index contributed by atoms with van der Waals surface area (Å²) in [6.07, 6.45) is 3.74. The van der Waals surface area contributed by atoms with Gasteiger partial charge < -0.3 is 44.6 Å². The van der Waals surface area contributed by atoms with Crippen molar-refractivity contribution in [3.8, 4) is 33.6 Å². The molecule has 59 heavy (non-hydrogen) atoms. The zero-order valence-corrected chi connectivity index (χ0v) is 35.6. The third-order valence-electron chi connectivity index (χ3n) is 11.0. The van der Waals surface area contributed by atoms with Gasteiger partial charge in [-0.3, -0.25) is 9.59 Å². The molecule has 4 heterocycles.